The summed E-state index contributed by atoms with van der Waals surface area (Å²) in [4.78, 5) is 38.1. The van der Waals surface area contributed by atoms with Crippen molar-refractivity contribution in [1.29, 1.82) is 0 Å². The molecule has 7 heteroatoms. The van der Waals surface area contributed by atoms with E-state index in [-0.39, 0.29) is 6.41 Å². The van der Waals surface area contributed by atoms with Gasteiger partial charge in [-0.3, -0.25) is 9.69 Å². The number of aliphatic imine (C=N–C) groups is 1. The second-order valence-corrected chi connectivity index (χ2v) is 4.95. The Morgan fingerprint density at radius 2 is 1.75 bits per heavy atom. The number of carbonyl (C=O) groups is 2. The second kappa shape index (κ2) is 7.71. The number of hydrogen-bond donors (Lipinski definition) is 0. The molecular formula is C17H14N4O3. The zero-order chi connectivity index (χ0) is 17.5. The molecule has 0 aliphatic carbocycles. The molecule has 0 unspecified atom stereocenters. The molecule has 24 heavy (non-hydrogen) atoms. The number of aryl methyl sites for hydroxylation is 2. The summed E-state index contributed by atoms with van der Waals surface area (Å²) in [5.41, 5.74) is 3.15. The molecule has 120 valence electrons. The predicted octanol–water partition coefficient (Wildman–Crippen LogP) is 4.14. The smallest absolute Gasteiger partial charge is 0.275 e. The topological polar surface area (TPSA) is 91.5 Å². The van der Waals surface area contributed by atoms with Crippen LogP contribution in [0.15, 0.2) is 57.7 Å². The third-order valence-electron chi connectivity index (χ3n) is 3.29. The molecule has 0 radical (unpaired) electrons. The first-order valence-corrected chi connectivity index (χ1v) is 7.00. The van der Waals surface area contributed by atoms with Crippen LogP contribution >= 0.6 is 0 Å². The summed E-state index contributed by atoms with van der Waals surface area (Å²) in [7, 11) is 0. The fourth-order valence-electron chi connectivity index (χ4n) is 2.09. The van der Waals surface area contributed by atoms with Crippen molar-refractivity contribution in [2.24, 2.45) is 15.2 Å². The molecule has 0 saturated heterocycles. The van der Waals surface area contributed by atoms with Crippen LogP contribution in [-0.4, -0.2) is 18.5 Å². The van der Waals surface area contributed by atoms with E-state index in [0.29, 0.717) is 17.1 Å². The third kappa shape index (κ3) is 3.85. The molecule has 0 aliphatic heterocycles. The van der Waals surface area contributed by atoms with Crippen LogP contribution in [0.25, 0.3) is 0 Å². The molecule has 0 aromatic heterocycles. The minimum absolute atomic E-state index is 0.183. The van der Waals surface area contributed by atoms with Crippen molar-refractivity contribution in [3.8, 4) is 0 Å². The Balaban J connectivity index is 2.57. The van der Waals surface area contributed by atoms with Gasteiger partial charge in [0.15, 0.2) is 0 Å². The highest BCUT2D eigenvalue weighted by atomic mass is 16.2. The lowest BCUT2D eigenvalue weighted by molar-refractivity contribution is -0.107. The first-order valence-electron chi connectivity index (χ1n) is 7.00. The minimum Gasteiger partial charge on any atom is -0.275 e. The van der Waals surface area contributed by atoms with Crippen molar-refractivity contribution in [2.45, 2.75) is 13.8 Å². The highest BCUT2D eigenvalue weighted by molar-refractivity contribution is 6.00. The molecule has 2 aromatic rings. The summed E-state index contributed by atoms with van der Waals surface area (Å²) < 4.78 is 0. The second-order valence-electron chi connectivity index (χ2n) is 4.95. The number of carbonyl (C=O) groups excluding carboxylic acids is 3. The van der Waals surface area contributed by atoms with Crippen LogP contribution in [0.4, 0.5) is 21.9 Å². The van der Waals surface area contributed by atoms with E-state index >= 15 is 0 Å². The molecule has 0 bridgehead atoms. The Morgan fingerprint density at radius 1 is 1.08 bits per heavy atom. The molecule has 0 heterocycles. The molecule has 0 saturated carbocycles. The van der Waals surface area contributed by atoms with Crippen LogP contribution in [0.3, 0.4) is 0 Å². The van der Waals surface area contributed by atoms with Gasteiger partial charge in [-0.1, -0.05) is 28.9 Å². The Morgan fingerprint density at radius 3 is 2.38 bits per heavy atom. The van der Waals surface area contributed by atoms with E-state index in [4.69, 9.17) is 0 Å². The Labute approximate surface area is 138 Å². The Hall–Kier alpha value is -3.44. The van der Waals surface area contributed by atoms with E-state index in [1.807, 2.05) is 19.1 Å². The van der Waals surface area contributed by atoms with Gasteiger partial charge in [0.25, 0.3) is 6.41 Å². The minimum atomic E-state index is -0.740. The van der Waals surface area contributed by atoms with Crippen molar-refractivity contribution >= 4 is 35.6 Å². The van der Waals surface area contributed by atoms with E-state index < -0.39 is 6.03 Å². The maximum Gasteiger partial charge on any atom is 0.371 e. The van der Waals surface area contributed by atoms with Crippen molar-refractivity contribution < 1.29 is 14.4 Å². The lowest BCUT2D eigenvalue weighted by Crippen LogP contribution is -2.22. The van der Waals surface area contributed by atoms with E-state index in [9.17, 15) is 14.4 Å². The number of urea groups is 1. The van der Waals surface area contributed by atoms with Crippen LogP contribution in [0.2, 0.25) is 0 Å². The molecule has 0 aliphatic rings. The molecule has 3 amide bonds. The van der Waals surface area contributed by atoms with E-state index in [0.717, 1.165) is 11.1 Å². The average Bonchev–Trinajstić information content (AvgIpc) is 2.58. The van der Waals surface area contributed by atoms with Crippen LogP contribution in [0, 0.1) is 13.8 Å². The first kappa shape index (κ1) is 16.9. The zero-order valence-corrected chi connectivity index (χ0v) is 13.1. The molecule has 0 N–H and O–H groups in total. The normalized spacial score (nSPS) is 10.2. The Bertz CT molecular complexity index is 837. The summed E-state index contributed by atoms with van der Waals surface area (Å²) >= 11 is 0. The number of amides is 3. The van der Waals surface area contributed by atoms with E-state index in [1.165, 1.54) is 11.0 Å². The van der Waals surface area contributed by atoms with Crippen LogP contribution < -0.4 is 4.90 Å². The van der Waals surface area contributed by atoms with Crippen molar-refractivity contribution in [3.05, 3.63) is 53.6 Å². The molecule has 2 aromatic carbocycles. The summed E-state index contributed by atoms with van der Waals surface area (Å²) in [6.45, 7) is 3.70. The summed E-state index contributed by atoms with van der Waals surface area (Å²) in [5, 5.41) is 6.46. The monoisotopic (exact) mass is 322 g/mol. The standard InChI is InChI=1S/C17H14N4O3/c1-12-3-6-14(7-4-12)21(17(24)20-19-11-23)15-8-5-13(2)16(9-15)18-10-22/h3-9,11H,1-2H3. The number of nitrogens with zero attached hydrogens (tertiary/aromatic N) is 4. The van der Waals surface area contributed by atoms with Crippen LogP contribution in [0.5, 0.6) is 0 Å². The lowest BCUT2D eigenvalue weighted by Gasteiger charge is -2.21. The van der Waals surface area contributed by atoms with Crippen LogP contribution in [0.1, 0.15) is 11.1 Å². The van der Waals surface area contributed by atoms with Gasteiger partial charge in [-0.15, -0.1) is 5.11 Å². The lowest BCUT2D eigenvalue weighted by atomic mass is 10.1. The first-order chi connectivity index (χ1) is 11.6. The van der Waals surface area contributed by atoms with Gasteiger partial charge in [-0.25, -0.2) is 9.59 Å². The van der Waals surface area contributed by atoms with E-state index in [1.54, 1.807) is 37.3 Å². The van der Waals surface area contributed by atoms with Gasteiger partial charge in [0.05, 0.1) is 17.1 Å². The number of rotatable bonds is 4. The SMILES string of the molecule is Cc1ccc(N(C(=O)N=NC=O)c2ccc(C)c(N=C=O)c2)cc1. The van der Waals surface area contributed by atoms with Gasteiger partial charge < -0.3 is 0 Å². The molecule has 7 nitrogen and oxygen atoms in total. The number of isocyanates is 1. The van der Waals surface area contributed by atoms with Crippen molar-refractivity contribution in [3.63, 3.8) is 0 Å². The van der Waals surface area contributed by atoms with Crippen molar-refractivity contribution in [2.75, 3.05) is 4.90 Å². The number of azo groups is 1. The highest BCUT2D eigenvalue weighted by Gasteiger charge is 2.18. The average molecular weight is 322 g/mol. The van der Waals surface area contributed by atoms with Gasteiger partial charge in [-0.2, -0.15) is 4.99 Å². The maximum absolute atomic E-state index is 12.3. The van der Waals surface area contributed by atoms with Crippen LogP contribution in [-0.2, 0) is 9.59 Å². The predicted molar refractivity (Wildman–Crippen MR) is 88.6 cm³/mol. The molecule has 0 fully saturated rings. The molecular weight excluding hydrogens is 308 g/mol. The third-order valence-corrected chi connectivity index (χ3v) is 3.29. The molecule has 0 atom stereocenters. The zero-order valence-electron chi connectivity index (χ0n) is 13.1. The summed E-state index contributed by atoms with van der Waals surface area (Å²) in [6, 6.07) is 11.4. The van der Waals surface area contributed by atoms with Gasteiger partial charge in [-0.05, 0) is 43.7 Å². The van der Waals surface area contributed by atoms with Gasteiger partial charge in [0.1, 0.15) is 0 Å². The molecule has 0 spiro atoms. The van der Waals surface area contributed by atoms with E-state index in [2.05, 4.69) is 15.2 Å². The maximum atomic E-state index is 12.3. The van der Waals surface area contributed by atoms with Gasteiger partial charge in [0.2, 0.25) is 6.08 Å². The number of benzene rings is 2. The quantitative estimate of drug-likeness (QED) is 0.366. The van der Waals surface area contributed by atoms with Gasteiger partial charge >= 0.3 is 6.03 Å². The van der Waals surface area contributed by atoms with Crippen molar-refractivity contribution in [1.82, 2.24) is 0 Å². The summed E-state index contributed by atoms with van der Waals surface area (Å²) in [5.74, 6) is 0. The number of anilines is 2. The fraction of sp³-hybridized carbons (Fsp3) is 0.118. The fourth-order valence-corrected chi connectivity index (χ4v) is 2.09. The number of hydrogen-bond acceptors (Lipinski definition) is 4. The highest BCUT2D eigenvalue weighted by Crippen LogP contribution is 2.31. The summed E-state index contributed by atoms with van der Waals surface area (Å²) in [6.07, 6.45) is 1.67. The van der Waals surface area contributed by atoms with Gasteiger partial charge in [0, 0.05) is 0 Å². The molecule has 2 rings (SSSR count). The largest absolute Gasteiger partial charge is 0.371 e. The Kier molecular flexibility index (Phi) is 5.44.